The average Bonchev–Trinajstić information content (AvgIpc) is 1.99. The number of aliphatic hydroxyl groups is 1. The molecule has 0 saturated heterocycles. The monoisotopic (exact) mass is 161 g/mol. The molecule has 2 heteroatoms. The molecule has 0 aliphatic heterocycles. The number of aryl methyl sites for hydroxylation is 1. The molecule has 3 N–H and O–H groups in total. The van der Waals surface area contributed by atoms with E-state index >= 15 is 0 Å². The molecule has 1 rings (SSSR count). The van der Waals surface area contributed by atoms with Crippen molar-refractivity contribution in [3.05, 3.63) is 29.3 Å². The van der Waals surface area contributed by atoms with Gasteiger partial charge < -0.3 is 10.8 Å². The first-order valence-electron chi connectivity index (χ1n) is 3.69. The van der Waals surface area contributed by atoms with Crippen LogP contribution in [-0.4, -0.2) is 11.7 Å². The van der Waals surface area contributed by atoms with Gasteiger partial charge in [-0.2, -0.15) is 0 Å². The second kappa shape index (κ2) is 3.80. The van der Waals surface area contributed by atoms with Gasteiger partial charge >= 0.3 is 0 Å². The first-order chi connectivity index (χ1) is 5.72. The highest BCUT2D eigenvalue weighted by Crippen LogP contribution is 2.09. The molecule has 0 radical (unpaired) electrons. The Hall–Kier alpha value is -1.46. The van der Waals surface area contributed by atoms with Crippen molar-refractivity contribution in [2.45, 2.75) is 6.92 Å². The Kier molecular flexibility index (Phi) is 2.73. The molecular formula is C10H11NO. The number of rotatable bonds is 0. The van der Waals surface area contributed by atoms with Crippen molar-refractivity contribution in [1.29, 1.82) is 0 Å². The van der Waals surface area contributed by atoms with Crippen LogP contribution in [0.4, 0.5) is 5.69 Å². The molecule has 0 saturated carbocycles. The van der Waals surface area contributed by atoms with Crippen molar-refractivity contribution in [2.75, 3.05) is 12.3 Å². The molecule has 0 spiro atoms. The minimum atomic E-state index is -0.117. The summed E-state index contributed by atoms with van der Waals surface area (Å²) in [7, 11) is 0. The Balaban J connectivity index is 3.01. The summed E-state index contributed by atoms with van der Waals surface area (Å²) in [6, 6.07) is 5.60. The maximum absolute atomic E-state index is 8.46. The van der Waals surface area contributed by atoms with Gasteiger partial charge in [-0.25, -0.2) is 0 Å². The molecule has 0 heterocycles. The zero-order chi connectivity index (χ0) is 8.97. The van der Waals surface area contributed by atoms with Crippen molar-refractivity contribution >= 4 is 5.69 Å². The van der Waals surface area contributed by atoms with E-state index < -0.39 is 0 Å². The summed E-state index contributed by atoms with van der Waals surface area (Å²) in [5, 5.41) is 8.46. The molecule has 0 amide bonds. The lowest BCUT2D eigenvalue weighted by atomic mass is 10.1. The fourth-order valence-electron chi connectivity index (χ4n) is 1.03. The Morgan fingerprint density at radius 3 is 2.75 bits per heavy atom. The largest absolute Gasteiger partial charge is 0.399 e. The predicted molar refractivity (Wildman–Crippen MR) is 49.6 cm³/mol. The third-order valence-electron chi connectivity index (χ3n) is 1.41. The van der Waals surface area contributed by atoms with Crippen molar-refractivity contribution < 1.29 is 5.11 Å². The first kappa shape index (κ1) is 8.63. The van der Waals surface area contributed by atoms with E-state index in [0.29, 0.717) is 5.69 Å². The molecule has 0 fully saturated rings. The van der Waals surface area contributed by atoms with Gasteiger partial charge in [-0.1, -0.05) is 11.8 Å². The lowest BCUT2D eigenvalue weighted by molar-refractivity contribution is 0.350. The highest BCUT2D eigenvalue weighted by molar-refractivity contribution is 5.49. The fraction of sp³-hybridized carbons (Fsp3) is 0.200. The summed E-state index contributed by atoms with van der Waals surface area (Å²) in [5.41, 5.74) is 8.24. The molecular weight excluding hydrogens is 150 g/mol. The van der Waals surface area contributed by atoms with Gasteiger partial charge in [-0.15, -0.1) is 0 Å². The zero-order valence-corrected chi connectivity index (χ0v) is 6.96. The second-order valence-corrected chi connectivity index (χ2v) is 2.59. The fourth-order valence-corrected chi connectivity index (χ4v) is 1.03. The van der Waals surface area contributed by atoms with E-state index in [0.717, 1.165) is 11.1 Å². The van der Waals surface area contributed by atoms with Crippen LogP contribution in [0.1, 0.15) is 11.1 Å². The van der Waals surface area contributed by atoms with Crippen molar-refractivity contribution in [3.63, 3.8) is 0 Å². The lowest BCUT2D eigenvalue weighted by Gasteiger charge is -1.97. The quantitative estimate of drug-likeness (QED) is 0.439. The maximum atomic E-state index is 8.46. The Morgan fingerprint density at radius 2 is 2.17 bits per heavy atom. The normalized spacial score (nSPS) is 8.83. The van der Waals surface area contributed by atoms with Crippen LogP contribution in [0.2, 0.25) is 0 Å². The summed E-state index contributed by atoms with van der Waals surface area (Å²) < 4.78 is 0. The van der Waals surface area contributed by atoms with Crippen molar-refractivity contribution in [1.82, 2.24) is 0 Å². The highest BCUT2D eigenvalue weighted by atomic mass is 16.2. The van der Waals surface area contributed by atoms with Crippen LogP contribution in [-0.2, 0) is 0 Å². The number of anilines is 1. The van der Waals surface area contributed by atoms with Crippen LogP contribution >= 0.6 is 0 Å². The molecule has 0 aliphatic rings. The number of nitrogen functional groups attached to an aromatic ring is 1. The molecule has 0 unspecified atom stereocenters. The Morgan fingerprint density at radius 1 is 1.42 bits per heavy atom. The SMILES string of the molecule is Cc1cc(N)cc(C#CCO)c1. The molecule has 0 bridgehead atoms. The number of benzene rings is 1. The topological polar surface area (TPSA) is 46.2 Å². The minimum absolute atomic E-state index is 0.117. The average molecular weight is 161 g/mol. The highest BCUT2D eigenvalue weighted by Gasteiger charge is 1.91. The third-order valence-corrected chi connectivity index (χ3v) is 1.41. The van der Waals surface area contributed by atoms with E-state index in [4.69, 9.17) is 10.8 Å². The van der Waals surface area contributed by atoms with E-state index in [9.17, 15) is 0 Å². The summed E-state index contributed by atoms with van der Waals surface area (Å²) in [4.78, 5) is 0. The molecule has 62 valence electrons. The number of hydrogen-bond acceptors (Lipinski definition) is 2. The van der Waals surface area contributed by atoms with Crippen LogP contribution in [0.25, 0.3) is 0 Å². The molecule has 0 atom stereocenters. The van der Waals surface area contributed by atoms with Crippen LogP contribution in [0.3, 0.4) is 0 Å². The summed E-state index contributed by atoms with van der Waals surface area (Å²) in [6.45, 7) is 1.84. The number of aliphatic hydroxyl groups excluding tert-OH is 1. The van der Waals surface area contributed by atoms with E-state index in [-0.39, 0.29) is 6.61 Å². The van der Waals surface area contributed by atoms with Gasteiger partial charge in [0, 0.05) is 11.3 Å². The minimum Gasteiger partial charge on any atom is -0.399 e. The van der Waals surface area contributed by atoms with Crippen molar-refractivity contribution in [2.24, 2.45) is 0 Å². The molecule has 0 aromatic heterocycles. The standard InChI is InChI=1S/C10H11NO/c1-8-5-9(3-2-4-12)7-10(11)6-8/h5-7,12H,4,11H2,1H3. The van der Waals surface area contributed by atoms with Gasteiger partial charge in [-0.05, 0) is 30.7 Å². The van der Waals surface area contributed by atoms with Crippen LogP contribution < -0.4 is 5.73 Å². The lowest BCUT2D eigenvalue weighted by Crippen LogP contribution is -1.87. The smallest absolute Gasteiger partial charge is 0.104 e. The van der Waals surface area contributed by atoms with Crippen molar-refractivity contribution in [3.8, 4) is 11.8 Å². The van der Waals surface area contributed by atoms with Crippen LogP contribution in [0.5, 0.6) is 0 Å². The van der Waals surface area contributed by atoms with Gasteiger partial charge in [-0.3, -0.25) is 0 Å². The van der Waals surface area contributed by atoms with E-state index in [1.54, 1.807) is 6.07 Å². The predicted octanol–water partition coefficient (Wildman–Crippen LogP) is 0.921. The summed E-state index contributed by atoms with van der Waals surface area (Å²) >= 11 is 0. The third kappa shape index (κ3) is 2.30. The van der Waals surface area contributed by atoms with E-state index in [2.05, 4.69) is 11.8 Å². The Labute approximate surface area is 72.0 Å². The molecule has 0 aliphatic carbocycles. The van der Waals surface area contributed by atoms with Gasteiger partial charge in [0.1, 0.15) is 6.61 Å². The molecule has 1 aromatic rings. The zero-order valence-electron chi connectivity index (χ0n) is 6.96. The summed E-state index contributed by atoms with van der Waals surface area (Å²) in [6.07, 6.45) is 0. The summed E-state index contributed by atoms with van der Waals surface area (Å²) in [5.74, 6) is 5.36. The molecule has 1 aromatic carbocycles. The second-order valence-electron chi connectivity index (χ2n) is 2.59. The van der Waals surface area contributed by atoms with Gasteiger partial charge in [0.25, 0.3) is 0 Å². The maximum Gasteiger partial charge on any atom is 0.104 e. The number of hydrogen-bond donors (Lipinski definition) is 2. The Bertz CT molecular complexity index is 313. The van der Waals surface area contributed by atoms with Crippen LogP contribution in [0.15, 0.2) is 18.2 Å². The van der Waals surface area contributed by atoms with Gasteiger partial charge in [0.15, 0.2) is 0 Å². The molecule has 2 nitrogen and oxygen atoms in total. The number of nitrogens with two attached hydrogens (primary N) is 1. The van der Waals surface area contributed by atoms with Gasteiger partial charge in [0.05, 0.1) is 0 Å². The van der Waals surface area contributed by atoms with Gasteiger partial charge in [0.2, 0.25) is 0 Å². The molecule has 12 heavy (non-hydrogen) atoms. The van der Waals surface area contributed by atoms with E-state index in [1.165, 1.54) is 0 Å². The van der Waals surface area contributed by atoms with E-state index in [1.807, 2.05) is 19.1 Å². The van der Waals surface area contributed by atoms with Crippen LogP contribution in [0, 0.1) is 18.8 Å². The first-order valence-corrected chi connectivity index (χ1v) is 3.69.